The van der Waals surface area contributed by atoms with Gasteiger partial charge in [-0.3, -0.25) is 0 Å². The lowest BCUT2D eigenvalue weighted by molar-refractivity contribution is 1.42. The number of thioether (sulfide) groups is 1. The Hall–Kier alpha value is -0.400. The Kier molecular flexibility index (Phi) is 3.53. The molecule has 0 spiro atoms. The number of hydrogen-bond donors (Lipinski definition) is 0. The molecule has 0 saturated carbocycles. The zero-order valence-corrected chi connectivity index (χ0v) is 7.66. The molecule has 0 aliphatic carbocycles. The van der Waals surface area contributed by atoms with Crippen LogP contribution in [-0.4, -0.2) is 0 Å². The van der Waals surface area contributed by atoms with Gasteiger partial charge in [0.1, 0.15) is 0 Å². The van der Waals surface area contributed by atoms with Gasteiger partial charge >= 0.3 is 0 Å². The van der Waals surface area contributed by atoms with Gasteiger partial charge in [-0.25, -0.2) is 0 Å². The molecule has 1 rings (SSSR count). The Bertz CT molecular complexity index is 228. The normalized spacial score (nSPS) is 9.55. The highest BCUT2D eigenvalue weighted by atomic mass is 35.5. The predicted octanol–water partition coefficient (Wildman–Crippen LogP) is 3.72. The minimum Gasteiger partial charge on any atom is -0.130 e. The first-order chi connectivity index (χ1) is 5.33. The van der Waals surface area contributed by atoms with Crippen LogP contribution in [0.25, 0.3) is 0 Å². The summed E-state index contributed by atoms with van der Waals surface area (Å²) >= 11 is 7.41. The van der Waals surface area contributed by atoms with Gasteiger partial charge in [0, 0.05) is 10.8 Å². The van der Waals surface area contributed by atoms with Crippen LogP contribution >= 0.6 is 23.4 Å². The lowest BCUT2D eigenvalue weighted by Crippen LogP contribution is -1.76. The van der Waals surface area contributed by atoms with Crippen LogP contribution in [0, 0.1) is 0 Å². The molecule has 0 aliphatic rings. The lowest BCUT2D eigenvalue weighted by Gasteiger charge is -1.96. The van der Waals surface area contributed by atoms with E-state index in [0.717, 1.165) is 10.8 Å². The van der Waals surface area contributed by atoms with Crippen LogP contribution in [0.3, 0.4) is 0 Å². The molecule has 0 N–H and O–H groups in total. The molecule has 1 aromatic carbocycles. The second-order valence-electron chi connectivity index (χ2n) is 2.10. The number of halogens is 1. The van der Waals surface area contributed by atoms with Crippen molar-refractivity contribution in [2.45, 2.75) is 5.75 Å². The van der Waals surface area contributed by atoms with Crippen LogP contribution < -0.4 is 0 Å². The molecule has 0 fully saturated rings. The molecule has 0 saturated heterocycles. The largest absolute Gasteiger partial charge is 0.130 e. The van der Waals surface area contributed by atoms with Gasteiger partial charge in [-0.2, -0.15) is 0 Å². The zero-order chi connectivity index (χ0) is 8.10. The SMILES string of the molecule is C=CSCc1ccc(Cl)cc1. The third-order valence-corrected chi connectivity index (χ3v) is 2.27. The predicted molar refractivity (Wildman–Crippen MR) is 52.9 cm³/mol. The van der Waals surface area contributed by atoms with Gasteiger partial charge in [0.25, 0.3) is 0 Å². The molecule has 0 aliphatic heterocycles. The molecule has 0 aromatic heterocycles. The van der Waals surface area contributed by atoms with E-state index >= 15 is 0 Å². The summed E-state index contributed by atoms with van der Waals surface area (Å²) in [6, 6.07) is 7.86. The number of hydrogen-bond acceptors (Lipinski definition) is 1. The van der Waals surface area contributed by atoms with E-state index in [1.54, 1.807) is 11.8 Å². The molecule has 2 heteroatoms. The molecule has 0 atom stereocenters. The Morgan fingerprint density at radius 2 is 2.00 bits per heavy atom. The average Bonchev–Trinajstić information content (AvgIpc) is 2.04. The molecule has 0 amide bonds. The fourth-order valence-electron chi connectivity index (χ4n) is 0.736. The Morgan fingerprint density at radius 3 is 2.55 bits per heavy atom. The maximum atomic E-state index is 5.72. The first kappa shape index (κ1) is 8.69. The van der Waals surface area contributed by atoms with Gasteiger partial charge in [-0.1, -0.05) is 30.3 Å². The Balaban J connectivity index is 2.58. The summed E-state index contributed by atoms with van der Waals surface area (Å²) < 4.78 is 0. The van der Waals surface area contributed by atoms with Crippen molar-refractivity contribution in [3.63, 3.8) is 0 Å². The fourth-order valence-corrected chi connectivity index (χ4v) is 1.36. The van der Waals surface area contributed by atoms with Gasteiger partial charge < -0.3 is 0 Å². The van der Waals surface area contributed by atoms with Gasteiger partial charge in [0.15, 0.2) is 0 Å². The highest BCUT2D eigenvalue weighted by Gasteiger charge is 1.90. The second kappa shape index (κ2) is 4.47. The topological polar surface area (TPSA) is 0 Å². The Labute approximate surface area is 76.3 Å². The molecule has 0 nitrogen and oxygen atoms in total. The third kappa shape index (κ3) is 3.00. The highest BCUT2D eigenvalue weighted by molar-refractivity contribution is 8.01. The molecule has 0 radical (unpaired) electrons. The standard InChI is InChI=1S/C9H9ClS/c1-2-11-7-8-3-5-9(10)6-4-8/h2-6H,1,7H2. The van der Waals surface area contributed by atoms with Crippen molar-refractivity contribution in [3.05, 3.63) is 46.8 Å². The molecule has 1 aromatic rings. The molecule has 0 heterocycles. The van der Waals surface area contributed by atoms with Gasteiger partial charge in [-0.15, -0.1) is 11.8 Å². The monoisotopic (exact) mass is 184 g/mol. The van der Waals surface area contributed by atoms with E-state index in [9.17, 15) is 0 Å². The maximum Gasteiger partial charge on any atom is 0.0406 e. The smallest absolute Gasteiger partial charge is 0.0406 e. The van der Waals surface area contributed by atoms with Crippen molar-refractivity contribution < 1.29 is 0 Å². The van der Waals surface area contributed by atoms with Crippen molar-refractivity contribution in [2.75, 3.05) is 0 Å². The van der Waals surface area contributed by atoms with Gasteiger partial charge in [-0.05, 0) is 23.1 Å². The molecule has 0 unspecified atom stereocenters. The lowest BCUT2D eigenvalue weighted by atomic mass is 10.2. The molecule has 11 heavy (non-hydrogen) atoms. The van der Waals surface area contributed by atoms with Crippen molar-refractivity contribution in [2.24, 2.45) is 0 Å². The molecular weight excluding hydrogens is 176 g/mol. The van der Waals surface area contributed by atoms with Crippen LogP contribution in [0.1, 0.15) is 5.56 Å². The van der Waals surface area contributed by atoms with Crippen LogP contribution in [0.2, 0.25) is 5.02 Å². The summed E-state index contributed by atoms with van der Waals surface area (Å²) in [6.45, 7) is 3.63. The van der Waals surface area contributed by atoms with E-state index in [-0.39, 0.29) is 0 Å². The molecular formula is C9H9ClS. The second-order valence-corrected chi connectivity index (χ2v) is 3.50. The van der Waals surface area contributed by atoms with Gasteiger partial charge in [0.05, 0.1) is 0 Å². The summed E-state index contributed by atoms with van der Waals surface area (Å²) in [7, 11) is 0. The zero-order valence-electron chi connectivity index (χ0n) is 6.09. The van der Waals surface area contributed by atoms with Crippen LogP contribution in [0.5, 0.6) is 0 Å². The van der Waals surface area contributed by atoms with E-state index in [2.05, 4.69) is 6.58 Å². The number of benzene rings is 1. The van der Waals surface area contributed by atoms with E-state index in [1.165, 1.54) is 5.56 Å². The van der Waals surface area contributed by atoms with Crippen LogP contribution in [0.15, 0.2) is 36.3 Å². The van der Waals surface area contributed by atoms with Crippen LogP contribution in [0.4, 0.5) is 0 Å². The molecule has 58 valence electrons. The van der Waals surface area contributed by atoms with Crippen molar-refractivity contribution in [1.29, 1.82) is 0 Å². The fraction of sp³-hybridized carbons (Fsp3) is 0.111. The minimum atomic E-state index is 0.789. The average molecular weight is 185 g/mol. The highest BCUT2D eigenvalue weighted by Crippen LogP contribution is 2.15. The maximum absolute atomic E-state index is 5.72. The van der Waals surface area contributed by atoms with E-state index in [4.69, 9.17) is 11.6 Å². The van der Waals surface area contributed by atoms with Crippen molar-refractivity contribution in [1.82, 2.24) is 0 Å². The summed E-state index contributed by atoms with van der Waals surface area (Å²) in [5.74, 6) is 0.973. The van der Waals surface area contributed by atoms with E-state index in [1.807, 2.05) is 29.7 Å². The first-order valence-corrected chi connectivity index (χ1v) is 4.72. The molecule has 0 bridgehead atoms. The third-order valence-electron chi connectivity index (χ3n) is 1.28. The summed E-state index contributed by atoms with van der Waals surface area (Å²) in [5.41, 5.74) is 1.28. The first-order valence-electron chi connectivity index (χ1n) is 3.30. The summed E-state index contributed by atoms with van der Waals surface area (Å²) in [5, 5.41) is 2.63. The van der Waals surface area contributed by atoms with Crippen molar-refractivity contribution >= 4 is 23.4 Å². The summed E-state index contributed by atoms with van der Waals surface area (Å²) in [4.78, 5) is 0. The Morgan fingerprint density at radius 1 is 1.36 bits per heavy atom. The van der Waals surface area contributed by atoms with Gasteiger partial charge in [0.2, 0.25) is 0 Å². The number of rotatable bonds is 3. The summed E-state index contributed by atoms with van der Waals surface area (Å²) in [6.07, 6.45) is 0. The van der Waals surface area contributed by atoms with E-state index < -0.39 is 0 Å². The van der Waals surface area contributed by atoms with Crippen molar-refractivity contribution in [3.8, 4) is 0 Å². The minimum absolute atomic E-state index is 0.789. The van der Waals surface area contributed by atoms with Crippen LogP contribution in [-0.2, 0) is 5.75 Å². The van der Waals surface area contributed by atoms with E-state index in [0.29, 0.717) is 0 Å². The quantitative estimate of drug-likeness (QED) is 0.690.